The van der Waals surface area contributed by atoms with Crippen molar-refractivity contribution in [3.05, 3.63) is 64.7 Å². The average Bonchev–Trinajstić information content (AvgIpc) is 2.72. The minimum Gasteiger partial charge on any atom is -0.465 e. The maximum Gasteiger partial charge on any atom is 0.337 e. The molecule has 5 heteroatoms. The fraction of sp³-hybridized carbons (Fsp3) is 0.263. The first-order valence-corrected chi connectivity index (χ1v) is 7.84. The molecule has 2 aromatic rings. The van der Waals surface area contributed by atoms with Crippen LogP contribution < -0.4 is 5.32 Å². The number of aryl methyl sites for hydroxylation is 1. The van der Waals surface area contributed by atoms with Crippen molar-refractivity contribution in [3.63, 3.8) is 0 Å². The molecule has 0 bridgehead atoms. The summed E-state index contributed by atoms with van der Waals surface area (Å²) >= 11 is 0. The van der Waals surface area contributed by atoms with Gasteiger partial charge in [0.1, 0.15) is 0 Å². The fourth-order valence-corrected chi connectivity index (χ4v) is 2.84. The Kier molecular flexibility index (Phi) is 4.62. The summed E-state index contributed by atoms with van der Waals surface area (Å²) < 4.78 is 4.77. The highest BCUT2D eigenvalue weighted by Gasteiger charge is 2.20. The highest BCUT2D eigenvalue weighted by Crippen LogP contribution is 2.23. The number of amides is 1. The van der Waals surface area contributed by atoms with Crippen molar-refractivity contribution in [2.45, 2.75) is 20.0 Å². The van der Waals surface area contributed by atoms with E-state index in [-0.39, 0.29) is 11.9 Å². The second-order valence-electron chi connectivity index (χ2n) is 6.04. The molecule has 124 valence electrons. The van der Waals surface area contributed by atoms with E-state index < -0.39 is 0 Å². The Bertz CT molecular complexity index is 769. The molecule has 0 atom stereocenters. The molecule has 1 aliphatic rings. The van der Waals surface area contributed by atoms with E-state index in [1.54, 1.807) is 18.2 Å². The summed E-state index contributed by atoms with van der Waals surface area (Å²) in [5.74, 6) is -0.426. The van der Waals surface area contributed by atoms with Gasteiger partial charge in [0.05, 0.1) is 19.2 Å². The van der Waals surface area contributed by atoms with Gasteiger partial charge >= 0.3 is 5.97 Å². The number of carbonyl (C=O) groups excluding carboxylic acids is 2. The number of fused-ring (bicyclic) bond motifs is 1. The number of hydrogen-bond acceptors (Lipinski definition) is 4. The first kappa shape index (κ1) is 16.2. The van der Waals surface area contributed by atoms with E-state index in [2.05, 4.69) is 34.5 Å². The SMILES string of the molecule is COC(=O)c1ccc2c(c1)CN(Cc1ccc(C)cc1)CC(=O)N2. The Hall–Kier alpha value is -2.66. The van der Waals surface area contributed by atoms with E-state index in [9.17, 15) is 9.59 Å². The molecule has 3 rings (SSSR count). The molecule has 5 nitrogen and oxygen atoms in total. The number of esters is 1. The molecule has 1 N–H and O–H groups in total. The summed E-state index contributed by atoms with van der Waals surface area (Å²) in [5, 5.41) is 2.90. The van der Waals surface area contributed by atoms with Crippen LogP contribution in [0, 0.1) is 6.92 Å². The van der Waals surface area contributed by atoms with E-state index >= 15 is 0 Å². The molecular weight excluding hydrogens is 304 g/mol. The predicted octanol–water partition coefficient (Wildman–Crippen LogP) is 2.74. The largest absolute Gasteiger partial charge is 0.465 e. The van der Waals surface area contributed by atoms with E-state index in [0.29, 0.717) is 25.2 Å². The fourth-order valence-electron chi connectivity index (χ4n) is 2.84. The van der Waals surface area contributed by atoms with E-state index in [1.165, 1.54) is 12.7 Å². The van der Waals surface area contributed by atoms with E-state index in [0.717, 1.165) is 16.8 Å². The zero-order chi connectivity index (χ0) is 17.1. The Morgan fingerprint density at radius 3 is 2.62 bits per heavy atom. The van der Waals surface area contributed by atoms with Crippen LogP contribution in [0.25, 0.3) is 0 Å². The van der Waals surface area contributed by atoms with Crippen molar-refractivity contribution in [3.8, 4) is 0 Å². The number of anilines is 1. The second kappa shape index (κ2) is 6.84. The molecule has 2 aromatic carbocycles. The van der Waals surface area contributed by atoms with Crippen LogP contribution in [0.4, 0.5) is 5.69 Å². The smallest absolute Gasteiger partial charge is 0.337 e. The summed E-state index contributed by atoms with van der Waals surface area (Å²) in [6, 6.07) is 13.5. The van der Waals surface area contributed by atoms with Gasteiger partial charge in [0.15, 0.2) is 0 Å². The van der Waals surface area contributed by atoms with Gasteiger partial charge in [0.25, 0.3) is 0 Å². The number of hydrogen-bond donors (Lipinski definition) is 1. The third-order valence-corrected chi connectivity index (χ3v) is 4.09. The van der Waals surface area contributed by atoms with Crippen LogP contribution >= 0.6 is 0 Å². The summed E-state index contributed by atoms with van der Waals surface area (Å²) in [7, 11) is 1.36. The van der Waals surface area contributed by atoms with Crippen molar-refractivity contribution in [2.24, 2.45) is 0 Å². The summed E-state index contributed by atoms with van der Waals surface area (Å²) in [6.07, 6.45) is 0. The molecule has 0 radical (unpaired) electrons. The van der Waals surface area contributed by atoms with Gasteiger partial charge in [-0.2, -0.15) is 0 Å². The molecule has 1 heterocycles. The number of methoxy groups -OCH3 is 1. The first-order valence-electron chi connectivity index (χ1n) is 7.84. The number of carbonyl (C=O) groups is 2. The predicted molar refractivity (Wildman–Crippen MR) is 91.7 cm³/mol. The lowest BCUT2D eigenvalue weighted by Gasteiger charge is -2.19. The van der Waals surface area contributed by atoms with Crippen molar-refractivity contribution in [1.29, 1.82) is 0 Å². The minimum atomic E-state index is -0.376. The molecule has 0 saturated carbocycles. The van der Waals surface area contributed by atoms with Gasteiger partial charge in [-0.25, -0.2) is 4.79 Å². The van der Waals surface area contributed by atoms with Crippen molar-refractivity contribution in [2.75, 3.05) is 19.0 Å². The van der Waals surface area contributed by atoms with E-state index in [1.807, 2.05) is 6.92 Å². The highest BCUT2D eigenvalue weighted by molar-refractivity contribution is 5.95. The maximum atomic E-state index is 12.1. The van der Waals surface area contributed by atoms with Crippen LogP contribution in [-0.2, 0) is 22.6 Å². The van der Waals surface area contributed by atoms with Gasteiger partial charge in [-0.05, 0) is 36.2 Å². The monoisotopic (exact) mass is 324 g/mol. The topological polar surface area (TPSA) is 58.6 Å². The number of nitrogens with one attached hydrogen (secondary N) is 1. The van der Waals surface area contributed by atoms with Crippen LogP contribution in [0.2, 0.25) is 0 Å². The molecule has 0 aliphatic carbocycles. The summed E-state index contributed by atoms with van der Waals surface area (Å²) in [5.41, 5.74) is 4.51. The zero-order valence-corrected chi connectivity index (χ0v) is 13.8. The molecule has 1 aliphatic heterocycles. The van der Waals surface area contributed by atoms with Crippen LogP contribution in [0.15, 0.2) is 42.5 Å². The van der Waals surface area contributed by atoms with Gasteiger partial charge in [0.2, 0.25) is 5.91 Å². The van der Waals surface area contributed by atoms with E-state index in [4.69, 9.17) is 4.74 Å². The number of benzene rings is 2. The lowest BCUT2D eigenvalue weighted by molar-refractivity contribution is -0.117. The molecule has 0 spiro atoms. The van der Waals surface area contributed by atoms with Crippen LogP contribution in [0.5, 0.6) is 0 Å². The Morgan fingerprint density at radius 1 is 1.17 bits per heavy atom. The molecule has 1 amide bonds. The van der Waals surface area contributed by atoms with Crippen LogP contribution in [0.3, 0.4) is 0 Å². The molecule has 0 unspecified atom stereocenters. The average molecular weight is 324 g/mol. The molecule has 0 fully saturated rings. The van der Waals surface area contributed by atoms with Crippen molar-refractivity contribution in [1.82, 2.24) is 4.90 Å². The van der Waals surface area contributed by atoms with Gasteiger partial charge in [-0.1, -0.05) is 29.8 Å². The zero-order valence-electron chi connectivity index (χ0n) is 13.8. The molecule has 0 aromatic heterocycles. The van der Waals surface area contributed by atoms with Gasteiger partial charge in [-0.15, -0.1) is 0 Å². The Labute approximate surface area is 141 Å². The van der Waals surface area contributed by atoms with Gasteiger partial charge in [-0.3, -0.25) is 9.69 Å². The van der Waals surface area contributed by atoms with Crippen molar-refractivity contribution >= 4 is 17.6 Å². The maximum absolute atomic E-state index is 12.1. The summed E-state index contributed by atoms with van der Waals surface area (Å²) in [6.45, 7) is 3.63. The summed E-state index contributed by atoms with van der Waals surface area (Å²) in [4.78, 5) is 25.9. The van der Waals surface area contributed by atoms with Gasteiger partial charge < -0.3 is 10.1 Å². The standard InChI is InChI=1S/C19H20N2O3/c1-13-3-5-14(6-4-13)10-21-11-16-9-15(19(23)24-2)7-8-17(16)20-18(22)12-21/h3-9H,10-12H2,1-2H3,(H,20,22). The number of ether oxygens (including phenoxy) is 1. The Balaban J connectivity index is 1.85. The minimum absolute atomic E-state index is 0.0494. The highest BCUT2D eigenvalue weighted by atomic mass is 16.5. The lowest BCUT2D eigenvalue weighted by atomic mass is 10.1. The lowest BCUT2D eigenvalue weighted by Crippen LogP contribution is -2.29. The number of rotatable bonds is 3. The third-order valence-electron chi connectivity index (χ3n) is 4.09. The second-order valence-corrected chi connectivity index (χ2v) is 6.04. The third kappa shape index (κ3) is 3.63. The van der Waals surface area contributed by atoms with Crippen LogP contribution in [-0.4, -0.2) is 30.4 Å². The van der Waals surface area contributed by atoms with Crippen molar-refractivity contribution < 1.29 is 14.3 Å². The Morgan fingerprint density at radius 2 is 1.92 bits per heavy atom. The first-order chi connectivity index (χ1) is 11.5. The van der Waals surface area contributed by atoms with Crippen LogP contribution in [0.1, 0.15) is 27.0 Å². The normalized spacial score (nSPS) is 14.5. The molecule has 24 heavy (non-hydrogen) atoms. The van der Waals surface area contributed by atoms with Gasteiger partial charge in [0, 0.05) is 18.8 Å². The number of nitrogens with zero attached hydrogens (tertiary/aromatic N) is 1. The quantitative estimate of drug-likeness (QED) is 0.882. The molecular formula is C19H20N2O3. The molecule has 0 saturated heterocycles.